The topological polar surface area (TPSA) is 133 Å². The minimum Gasteiger partial charge on any atom is -0.494 e. The summed E-state index contributed by atoms with van der Waals surface area (Å²) in [6.45, 7) is 14.7. The number of hydrogen-bond acceptors (Lipinski definition) is 9. The molecule has 3 rings (SSSR count). The maximum absolute atomic E-state index is 13.6. The van der Waals surface area contributed by atoms with Crippen molar-refractivity contribution in [2.24, 2.45) is 0 Å². The van der Waals surface area contributed by atoms with Gasteiger partial charge in [0.15, 0.2) is 0 Å². The lowest BCUT2D eigenvalue weighted by atomic mass is 9.86. The summed E-state index contributed by atoms with van der Waals surface area (Å²) in [7, 11) is -3.90. The number of thiazole rings is 1. The number of alkyl carbamates (subject to hydrolysis) is 1. The summed E-state index contributed by atoms with van der Waals surface area (Å²) in [4.78, 5) is 29.5. The lowest BCUT2D eigenvalue weighted by Gasteiger charge is -2.28. The molecule has 1 aromatic heterocycles. The van der Waals surface area contributed by atoms with Gasteiger partial charge < -0.3 is 19.5 Å². The van der Waals surface area contributed by atoms with E-state index in [9.17, 15) is 18.0 Å². The Balaban J connectivity index is 1.74. The van der Waals surface area contributed by atoms with Gasteiger partial charge in [-0.25, -0.2) is 22.9 Å². The van der Waals surface area contributed by atoms with Crippen molar-refractivity contribution in [2.75, 3.05) is 6.61 Å². The van der Waals surface area contributed by atoms with Gasteiger partial charge in [-0.05, 0) is 99.6 Å². The molecule has 1 saturated carbocycles. The van der Waals surface area contributed by atoms with Gasteiger partial charge in [-0.15, -0.1) is 11.3 Å². The van der Waals surface area contributed by atoms with Crippen LogP contribution in [0.4, 0.5) is 4.79 Å². The molecule has 1 aliphatic rings. The van der Waals surface area contributed by atoms with Gasteiger partial charge in [0.1, 0.15) is 11.4 Å². The average Bonchev–Trinajstić information content (AvgIpc) is 3.34. The Morgan fingerprint density at radius 3 is 2.35 bits per heavy atom. The molecule has 12 heteroatoms. The number of nitrogens with one attached hydrogen (secondary N) is 2. The first-order valence-corrected chi connectivity index (χ1v) is 17.2. The van der Waals surface area contributed by atoms with Crippen molar-refractivity contribution < 1.29 is 32.2 Å². The molecule has 2 aromatic rings. The minimum absolute atomic E-state index is 0.0684. The minimum atomic E-state index is -3.90. The number of ether oxygens (including phenoxy) is 3. The molecular formula is C31H47N3O7S2. The van der Waals surface area contributed by atoms with Crippen LogP contribution in [0.3, 0.4) is 0 Å². The third-order valence-corrected chi connectivity index (χ3v) is 9.42. The fourth-order valence-electron chi connectivity index (χ4n) is 4.78. The van der Waals surface area contributed by atoms with Crippen LogP contribution in [0.2, 0.25) is 0 Å². The first kappa shape index (κ1) is 34.8. The van der Waals surface area contributed by atoms with E-state index < -0.39 is 21.2 Å². The summed E-state index contributed by atoms with van der Waals surface area (Å²) in [5.74, 6) is 0.329. The van der Waals surface area contributed by atoms with Crippen LogP contribution in [0.5, 0.6) is 5.75 Å². The molecule has 43 heavy (non-hydrogen) atoms. The number of carbonyl (C=O) groups excluding carboxylic acids is 2. The molecule has 0 radical (unpaired) electrons. The van der Waals surface area contributed by atoms with Gasteiger partial charge in [-0.2, -0.15) is 0 Å². The van der Waals surface area contributed by atoms with Crippen LogP contribution >= 0.6 is 11.3 Å². The highest BCUT2D eigenvalue weighted by molar-refractivity contribution is 7.89. The summed E-state index contributed by atoms with van der Waals surface area (Å²) in [6, 6.07) is 5.09. The van der Waals surface area contributed by atoms with Crippen molar-refractivity contribution in [3.05, 3.63) is 29.4 Å². The van der Waals surface area contributed by atoms with Gasteiger partial charge >= 0.3 is 12.1 Å². The van der Waals surface area contributed by atoms with Crippen molar-refractivity contribution in [2.45, 2.75) is 128 Å². The van der Waals surface area contributed by atoms with E-state index in [0.717, 1.165) is 35.6 Å². The van der Waals surface area contributed by atoms with Crippen molar-refractivity contribution in [3.63, 3.8) is 0 Å². The molecule has 0 atom stereocenters. The first-order valence-electron chi connectivity index (χ1n) is 14.9. The van der Waals surface area contributed by atoms with E-state index in [-0.39, 0.29) is 48.0 Å². The van der Waals surface area contributed by atoms with E-state index in [4.69, 9.17) is 14.2 Å². The van der Waals surface area contributed by atoms with Crippen molar-refractivity contribution in [1.82, 2.24) is 15.0 Å². The Hall–Kier alpha value is -2.70. The predicted molar refractivity (Wildman–Crippen MR) is 168 cm³/mol. The fourth-order valence-corrected chi connectivity index (χ4v) is 7.62. The molecule has 0 spiro atoms. The average molecular weight is 638 g/mol. The van der Waals surface area contributed by atoms with Gasteiger partial charge in [-0.3, -0.25) is 4.79 Å². The quantitative estimate of drug-likeness (QED) is 0.209. The van der Waals surface area contributed by atoms with E-state index in [1.807, 2.05) is 34.6 Å². The largest absolute Gasteiger partial charge is 0.494 e. The second kappa shape index (κ2) is 14.4. The van der Waals surface area contributed by atoms with Crippen molar-refractivity contribution in [1.29, 1.82) is 0 Å². The van der Waals surface area contributed by atoms with E-state index in [0.29, 0.717) is 17.7 Å². The first-order chi connectivity index (χ1) is 19.9. The lowest BCUT2D eigenvalue weighted by molar-refractivity contribution is -0.155. The highest BCUT2D eigenvalue weighted by Crippen LogP contribution is 2.40. The zero-order valence-corrected chi connectivity index (χ0v) is 28.2. The van der Waals surface area contributed by atoms with Crippen LogP contribution < -0.4 is 14.8 Å². The number of nitrogens with zero attached hydrogens (tertiary/aromatic N) is 1. The lowest BCUT2D eigenvalue weighted by Crippen LogP contribution is -2.40. The summed E-state index contributed by atoms with van der Waals surface area (Å²) < 4.78 is 46.3. The van der Waals surface area contributed by atoms with Gasteiger partial charge in [0, 0.05) is 41.7 Å². The summed E-state index contributed by atoms with van der Waals surface area (Å²) >= 11 is 1.49. The molecular weight excluding hydrogens is 590 g/mol. The molecule has 1 fully saturated rings. The predicted octanol–water partition coefficient (Wildman–Crippen LogP) is 6.55. The van der Waals surface area contributed by atoms with E-state index in [2.05, 4.69) is 15.0 Å². The van der Waals surface area contributed by atoms with Crippen LogP contribution in [-0.4, -0.2) is 55.4 Å². The Bertz CT molecular complexity index is 1350. The molecule has 0 saturated heterocycles. The maximum atomic E-state index is 13.6. The van der Waals surface area contributed by atoms with E-state index in [1.54, 1.807) is 39.1 Å². The van der Waals surface area contributed by atoms with Crippen LogP contribution in [0, 0.1) is 0 Å². The van der Waals surface area contributed by atoms with Crippen LogP contribution in [-0.2, 0) is 24.3 Å². The molecule has 2 N–H and O–H groups in total. The molecule has 1 aromatic carbocycles. The Kier molecular flexibility index (Phi) is 11.6. The fraction of sp³-hybridized carbons (Fsp3) is 0.645. The third kappa shape index (κ3) is 11.4. The van der Waals surface area contributed by atoms with Crippen LogP contribution in [0.25, 0.3) is 10.4 Å². The van der Waals surface area contributed by atoms with Crippen LogP contribution in [0.1, 0.15) is 105 Å². The second-order valence-corrected chi connectivity index (χ2v) is 16.0. The van der Waals surface area contributed by atoms with Crippen molar-refractivity contribution >= 4 is 33.4 Å². The van der Waals surface area contributed by atoms with Gasteiger partial charge in [0.2, 0.25) is 10.0 Å². The zero-order valence-electron chi connectivity index (χ0n) is 26.6. The molecule has 240 valence electrons. The molecule has 0 bridgehead atoms. The highest BCUT2D eigenvalue weighted by atomic mass is 32.2. The Morgan fingerprint density at radius 2 is 1.74 bits per heavy atom. The van der Waals surface area contributed by atoms with Gasteiger partial charge in [-0.1, -0.05) is 0 Å². The Morgan fingerprint density at radius 1 is 1.07 bits per heavy atom. The molecule has 10 nitrogen and oxygen atoms in total. The molecule has 0 aliphatic heterocycles. The van der Waals surface area contributed by atoms with E-state index >= 15 is 0 Å². The molecule has 1 aliphatic carbocycles. The maximum Gasteiger partial charge on any atom is 0.407 e. The summed E-state index contributed by atoms with van der Waals surface area (Å²) in [6.07, 6.45) is 5.20. The molecule has 1 heterocycles. The number of esters is 1. The number of carbonyl (C=O) groups is 2. The smallest absolute Gasteiger partial charge is 0.407 e. The number of aromatic nitrogens is 1. The number of amides is 1. The molecule has 0 unspecified atom stereocenters. The Labute approximate surface area is 260 Å². The third-order valence-electron chi connectivity index (χ3n) is 6.43. The number of rotatable bonds is 11. The van der Waals surface area contributed by atoms with Crippen LogP contribution in [0.15, 0.2) is 29.3 Å². The summed E-state index contributed by atoms with van der Waals surface area (Å²) in [5, 5.41) is 3.90. The number of sulfonamides is 1. The number of hydrogen-bond donors (Lipinski definition) is 2. The standard InChI is InChI=1S/C31H47N3O7S2/c1-20(2)40-29(36)33-22-13-11-21(12-14-22)28-32-19-25(42-28)24-16-15-23(18-26(24)43(37,38)34-30(3,4)5)39-17-9-10-27(35)41-31(6,7)8/h15-16,18-22,34H,9-14,17H2,1-8H3,(H,33,36). The van der Waals surface area contributed by atoms with Gasteiger partial charge in [0.05, 0.1) is 27.5 Å². The highest BCUT2D eigenvalue weighted by Gasteiger charge is 2.29. The SMILES string of the molecule is CC(C)OC(=O)NC1CCC(c2ncc(-c3ccc(OCCCC(=O)OC(C)(C)C)cc3S(=O)(=O)NC(C)(C)C)s2)CC1. The second-order valence-electron chi connectivity index (χ2n) is 13.3. The molecule has 1 amide bonds. The number of benzene rings is 1. The van der Waals surface area contributed by atoms with Crippen molar-refractivity contribution in [3.8, 4) is 16.2 Å². The monoisotopic (exact) mass is 637 g/mol. The summed E-state index contributed by atoms with van der Waals surface area (Å²) in [5.41, 5.74) is -0.686. The van der Waals surface area contributed by atoms with Gasteiger partial charge in [0.25, 0.3) is 0 Å². The normalized spacial score (nSPS) is 17.9. The van der Waals surface area contributed by atoms with E-state index in [1.165, 1.54) is 17.4 Å². The zero-order chi connectivity index (χ0) is 32.0.